The number of nitrogens with one attached hydrogen (secondary N) is 1. The number of halogens is 3. The Balaban J connectivity index is 1.68. The molecule has 2 aromatic rings. The molecular weight excluding hydrogens is 313 g/mol. The van der Waals surface area contributed by atoms with E-state index in [0.717, 1.165) is 11.6 Å². The number of benzene rings is 2. The van der Waals surface area contributed by atoms with E-state index in [1.165, 1.54) is 24.0 Å². The molecular formula is C16H14Cl3N. The van der Waals surface area contributed by atoms with Crippen LogP contribution in [0.4, 0.5) is 5.69 Å². The highest BCUT2D eigenvalue weighted by Crippen LogP contribution is 2.40. The van der Waals surface area contributed by atoms with Crippen LogP contribution >= 0.6 is 34.8 Å². The highest BCUT2D eigenvalue weighted by Gasteiger charge is 2.22. The second-order valence-corrected chi connectivity index (χ2v) is 6.34. The van der Waals surface area contributed by atoms with Crippen molar-refractivity contribution in [2.75, 3.05) is 5.32 Å². The van der Waals surface area contributed by atoms with E-state index in [0.29, 0.717) is 21.6 Å². The summed E-state index contributed by atoms with van der Waals surface area (Å²) < 4.78 is 0. The van der Waals surface area contributed by atoms with Gasteiger partial charge >= 0.3 is 0 Å². The first-order valence-corrected chi connectivity index (χ1v) is 7.74. The zero-order chi connectivity index (χ0) is 14.1. The summed E-state index contributed by atoms with van der Waals surface area (Å²) in [5.74, 6) is 0.793. The molecule has 1 saturated carbocycles. The first kappa shape index (κ1) is 14.1. The Hall–Kier alpha value is -0.890. The van der Waals surface area contributed by atoms with E-state index in [4.69, 9.17) is 34.8 Å². The van der Waals surface area contributed by atoms with Crippen molar-refractivity contribution in [1.82, 2.24) is 0 Å². The number of hydrogen-bond acceptors (Lipinski definition) is 1. The molecule has 0 aromatic heterocycles. The Morgan fingerprint density at radius 2 is 1.55 bits per heavy atom. The fourth-order valence-corrected chi connectivity index (χ4v) is 2.79. The molecule has 0 spiro atoms. The van der Waals surface area contributed by atoms with E-state index >= 15 is 0 Å². The van der Waals surface area contributed by atoms with E-state index in [-0.39, 0.29) is 0 Å². The highest BCUT2D eigenvalue weighted by molar-refractivity contribution is 6.44. The fraction of sp³-hybridized carbons (Fsp3) is 0.250. The van der Waals surface area contributed by atoms with Crippen molar-refractivity contribution >= 4 is 40.5 Å². The van der Waals surface area contributed by atoms with Crippen LogP contribution in [0.2, 0.25) is 15.1 Å². The van der Waals surface area contributed by atoms with Crippen LogP contribution in [-0.4, -0.2) is 0 Å². The normalized spacial score (nSPS) is 14.3. The van der Waals surface area contributed by atoms with Gasteiger partial charge in [-0.25, -0.2) is 0 Å². The Bertz CT molecular complexity index is 618. The summed E-state index contributed by atoms with van der Waals surface area (Å²) in [4.78, 5) is 0. The van der Waals surface area contributed by atoms with E-state index < -0.39 is 0 Å². The van der Waals surface area contributed by atoms with Gasteiger partial charge in [-0.05, 0) is 42.0 Å². The molecule has 1 aliphatic carbocycles. The Morgan fingerprint density at radius 3 is 2.20 bits per heavy atom. The largest absolute Gasteiger partial charge is 0.380 e. The van der Waals surface area contributed by atoms with Crippen molar-refractivity contribution in [2.45, 2.75) is 25.3 Å². The summed E-state index contributed by atoms with van der Waals surface area (Å²) in [5.41, 5.74) is 3.46. The quantitative estimate of drug-likeness (QED) is 0.666. The van der Waals surface area contributed by atoms with Crippen LogP contribution in [0.25, 0.3) is 0 Å². The van der Waals surface area contributed by atoms with Gasteiger partial charge in [-0.15, -0.1) is 0 Å². The van der Waals surface area contributed by atoms with Gasteiger partial charge in [0.25, 0.3) is 0 Å². The summed E-state index contributed by atoms with van der Waals surface area (Å²) in [5, 5.41) is 4.84. The van der Waals surface area contributed by atoms with E-state index in [1.807, 2.05) is 0 Å². The molecule has 0 saturated heterocycles. The molecule has 0 amide bonds. The lowest BCUT2D eigenvalue weighted by atomic mass is 10.1. The van der Waals surface area contributed by atoms with Crippen LogP contribution in [-0.2, 0) is 6.54 Å². The predicted molar refractivity (Wildman–Crippen MR) is 87.2 cm³/mol. The maximum absolute atomic E-state index is 6.14. The molecule has 1 fully saturated rings. The van der Waals surface area contributed by atoms with Crippen molar-refractivity contribution < 1.29 is 0 Å². The Kier molecular flexibility index (Phi) is 4.11. The third-order valence-corrected chi connectivity index (χ3v) is 4.56. The van der Waals surface area contributed by atoms with Crippen LogP contribution in [0, 0.1) is 0 Å². The molecule has 1 N–H and O–H groups in total. The average molecular weight is 327 g/mol. The number of hydrogen-bond donors (Lipinski definition) is 1. The lowest BCUT2D eigenvalue weighted by molar-refractivity contribution is 1.10. The van der Waals surface area contributed by atoms with E-state index in [9.17, 15) is 0 Å². The molecule has 0 atom stereocenters. The van der Waals surface area contributed by atoms with E-state index in [1.54, 1.807) is 12.1 Å². The predicted octanol–water partition coefficient (Wildman–Crippen LogP) is 6.14. The second-order valence-electron chi connectivity index (χ2n) is 5.12. The van der Waals surface area contributed by atoms with Gasteiger partial charge in [0.1, 0.15) is 0 Å². The number of rotatable bonds is 4. The molecule has 1 nitrogen and oxygen atoms in total. The van der Waals surface area contributed by atoms with Crippen LogP contribution in [0.1, 0.15) is 29.9 Å². The lowest BCUT2D eigenvalue weighted by Crippen LogP contribution is -2.00. The molecule has 0 radical (unpaired) electrons. The van der Waals surface area contributed by atoms with Gasteiger partial charge in [0.2, 0.25) is 0 Å². The molecule has 0 bridgehead atoms. The van der Waals surface area contributed by atoms with Gasteiger partial charge in [-0.1, -0.05) is 59.1 Å². The van der Waals surface area contributed by atoms with Crippen molar-refractivity contribution in [1.29, 1.82) is 0 Å². The van der Waals surface area contributed by atoms with Gasteiger partial charge < -0.3 is 5.32 Å². The molecule has 1 aliphatic rings. The SMILES string of the molecule is Clc1cc(Cl)c(NCc2ccc(C3CC3)cc2)cc1Cl. The van der Waals surface area contributed by atoms with Crippen molar-refractivity contribution in [3.05, 3.63) is 62.6 Å². The minimum absolute atomic E-state index is 0.469. The van der Waals surface area contributed by atoms with Crippen molar-refractivity contribution in [2.24, 2.45) is 0 Å². The highest BCUT2D eigenvalue weighted by atomic mass is 35.5. The minimum atomic E-state index is 0.469. The first-order chi connectivity index (χ1) is 9.63. The molecule has 0 heterocycles. The molecule has 4 heteroatoms. The molecule has 2 aromatic carbocycles. The van der Waals surface area contributed by atoms with Gasteiger partial charge in [0.15, 0.2) is 0 Å². The molecule has 0 aliphatic heterocycles. The van der Waals surface area contributed by atoms with Gasteiger partial charge in [0, 0.05) is 6.54 Å². The number of anilines is 1. The molecule has 3 rings (SSSR count). The van der Waals surface area contributed by atoms with Gasteiger partial charge in [-0.3, -0.25) is 0 Å². The second kappa shape index (κ2) is 5.85. The topological polar surface area (TPSA) is 12.0 Å². The Labute approximate surface area is 133 Å². The summed E-state index contributed by atoms with van der Waals surface area (Å²) >= 11 is 18.0. The van der Waals surface area contributed by atoms with Crippen LogP contribution < -0.4 is 5.32 Å². The Morgan fingerprint density at radius 1 is 0.900 bits per heavy atom. The molecule has 104 valence electrons. The zero-order valence-corrected chi connectivity index (χ0v) is 13.1. The maximum atomic E-state index is 6.14. The monoisotopic (exact) mass is 325 g/mol. The van der Waals surface area contributed by atoms with Crippen LogP contribution in [0.15, 0.2) is 36.4 Å². The van der Waals surface area contributed by atoms with Crippen LogP contribution in [0.5, 0.6) is 0 Å². The smallest absolute Gasteiger partial charge is 0.0653 e. The maximum Gasteiger partial charge on any atom is 0.0653 e. The zero-order valence-electron chi connectivity index (χ0n) is 10.8. The standard InChI is InChI=1S/C16H14Cl3N/c17-13-7-15(19)16(8-14(13)18)20-9-10-1-3-11(4-2-10)12-5-6-12/h1-4,7-8,12,20H,5-6,9H2. The molecule has 20 heavy (non-hydrogen) atoms. The minimum Gasteiger partial charge on any atom is -0.380 e. The van der Waals surface area contributed by atoms with Crippen molar-refractivity contribution in [3.63, 3.8) is 0 Å². The summed E-state index contributed by atoms with van der Waals surface area (Å²) in [6.07, 6.45) is 2.66. The van der Waals surface area contributed by atoms with Crippen LogP contribution in [0.3, 0.4) is 0 Å². The summed E-state index contributed by atoms with van der Waals surface area (Å²) in [7, 11) is 0. The fourth-order valence-electron chi connectivity index (χ4n) is 2.18. The summed E-state index contributed by atoms with van der Waals surface area (Å²) in [6, 6.07) is 12.2. The third kappa shape index (κ3) is 3.22. The van der Waals surface area contributed by atoms with Gasteiger partial charge in [0.05, 0.1) is 20.8 Å². The van der Waals surface area contributed by atoms with Gasteiger partial charge in [-0.2, -0.15) is 0 Å². The van der Waals surface area contributed by atoms with E-state index in [2.05, 4.69) is 29.6 Å². The average Bonchev–Trinajstić information content (AvgIpc) is 3.26. The third-order valence-electron chi connectivity index (χ3n) is 3.52. The van der Waals surface area contributed by atoms with Crippen molar-refractivity contribution in [3.8, 4) is 0 Å². The lowest BCUT2D eigenvalue weighted by Gasteiger charge is -2.10. The first-order valence-electron chi connectivity index (χ1n) is 6.61. The molecule has 0 unspecified atom stereocenters. The summed E-state index contributed by atoms with van der Waals surface area (Å²) in [6.45, 7) is 0.711.